The molecule has 0 aliphatic carbocycles. The van der Waals surface area contributed by atoms with Gasteiger partial charge in [0.1, 0.15) is 5.69 Å². The summed E-state index contributed by atoms with van der Waals surface area (Å²) < 4.78 is 1.60. The number of hydrogen-bond acceptors (Lipinski definition) is 4. The number of likely N-dealkylation sites (N-methyl/N-ethyl adjacent to an activating group) is 1. The molecule has 1 amide bonds. The van der Waals surface area contributed by atoms with E-state index in [9.17, 15) is 14.9 Å². The number of carbonyl (C=O) groups is 1. The molecule has 0 fully saturated rings. The number of amides is 1. The van der Waals surface area contributed by atoms with Crippen LogP contribution in [0.5, 0.6) is 0 Å². The Morgan fingerprint density at radius 2 is 2.17 bits per heavy atom. The van der Waals surface area contributed by atoms with Gasteiger partial charge < -0.3 is 15.2 Å². The van der Waals surface area contributed by atoms with Gasteiger partial charge in [-0.1, -0.05) is 0 Å². The Kier molecular flexibility index (Phi) is 4.85. The lowest BCUT2D eigenvalue weighted by molar-refractivity contribution is -0.384. The van der Waals surface area contributed by atoms with Gasteiger partial charge in [-0.25, -0.2) is 0 Å². The maximum Gasteiger partial charge on any atom is 0.287 e. The first-order valence-corrected chi connectivity index (χ1v) is 5.76. The summed E-state index contributed by atoms with van der Waals surface area (Å²) >= 11 is 0. The number of hydrogen-bond donors (Lipinski definition) is 2. The number of nitrogens with one attached hydrogen (secondary N) is 2. The molecule has 1 aromatic heterocycles. The Bertz CT molecular complexity index is 439. The van der Waals surface area contributed by atoms with Crippen LogP contribution in [0.15, 0.2) is 12.3 Å². The molecular weight excluding hydrogens is 236 g/mol. The highest BCUT2D eigenvalue weighted by molar-refractivity contribution is 5.93. The van der Waals surface area contributed by atoms with Crippen LogP contribution in [0, 0.1) is 10.1 Å². The number of aromatic nitrogens is 1. The number of carbonyl (C=O) groups excluding carboxylic acids is 1. The van der Waals surface area contributed by atoms with E-state index in [0.29, 0.717) is 18.8 Å². The van der Waals surface area contributed by atoms with Crippen molar-refractivity contribution in [3.05, 3.63) is 28.1 Å². The largest absolute Gasteiger partial charge is 0.349 e. The summed E-state index contributed by atoms with van der Waals surface area (Å²) in [5, 5.41) is 16.3. The molecule has 0 spiro atoms. The molecule has 0 saturated heterocycles. The van der Waals surface area contributed by atoms with Gasteiger partial charge in [-0.15, -0.1) is 0 Å². The van der Waals surface area contributed by atoms with Crippen LogP contribution in [0.1, 0.15) is 30.4 Å². The van der Waals surface area contributed by atoms with Crippen molar-refractivity contribution in [2.75, 3.05) is 20.1 Å². The highest BCUT2D eigenvalue weighted by Gasteiger charge is 2.20. The van der Waals surface area contributed by atoms with Crippen molar-refractivity contribution in [3.8, 4) is 0 Å². The summed E-state index contributed by atoms with van der Waals surface area (Å²) in [4.78, 5) is 22.1. The molecule has 2 N–H and O–H groups in total. The standard InChI is InChI=1S/C11H18N4O3/c1-8(2)14-7-9(15(17)18)6-10(14)11(16)13-5-4-12-3/h6-8,12H,4-5H2,1-3H3,(H,13,16). The van der Waals surface area contributed by atoms with E-state index in [1.165, 1.54) is 12.3 Å². The van der Waals surface area contributed by atoms with Gasteiger partial charge in [-0.2, -0.15) is 0 Å². The molecular formula is C11H18N4O3. The second-order valence-corrected chi connectivity index (χ2v) is 4.20. The van der Waals surface area contributed by atoms with Gasteiger partial charge in [-0.3, -0.25) is 14.9 Å². The van der Waals surface area contributed by atoms with Crippen LogP contribution < -0.4 is 10.6 Å². The van der Waals surface area contributed by atoms with E-state index in [1.807, 2.05) is 13.8 Å². The smallest absolute Gasteiger partial charge is 0.287 e. The van der Waals surface area contributed by atoms with Crippen LogP contribution in [0.2, 0.25) is 0 Å². The van der Waals surface area contributed by atoms with Crippen LogP contribution in [-0.4, -0.2) is 35.5 Å². The van der Waals surface area contributed by atoms with E-state index in [-0.39, 0.29) is 17.6 Å². The van der Waals surface area contributed by atoms with Gasteiger partial charge in [0.15, 0.2) is 0 Å². The van der Waals surface area contributed by atoms with E-state index in [4.69, 9.17) is 0 Å². The molecule has 100 valence electrons. The predicted octanol–water partition coefficient (Wildman–Crippen LogP) is 0.926. The van der Waals surface area contributed by atoms with Crippen LogP contribution in [0.3, 0.4) is 0 Å². The average Bonchev–Trinajstić information content (AvgIpc) is 2.74. The third-order valence-electron chi connectivity index (χ3n) is 2.49. The van der Waals surface area contributed by atoms with Crippen molar-refractivity contribution in [3.63, 3.8) is 0 Å². The summed E-state index contributed by atoms with van der Waals surface area (Å²) in [5.74, 6) is -0.299. The summed E-state index contributed by atoms with van der Waals surface area (Å²) in [5.41, 5.74) is 0.246. The Labute approximate surface area is 105 Å². The molecule has 7 nitrogen and oxygen atoms in total. The lowest BCUT2D eigenvalue weighted by Crippen LogP contribution is -2.31. The molecule has 0 radical (unpaired) electrons. The van der Waals surface area contributed by atoms with Gasteiger partial charge in [0, 0.05) is 25.2 Å². The summed E-state index contributed by atoms with van der Waals surface area (Å²) in [6.45, 7) is 4.87. The Balaban J connectivity index is 2.91. The van der Waals surface area contributed by atoms with Gasteiger partial charge >= 0.3 is 0 Å². The third-order valence-corrected chi connectivity index (χ3v) is 2.49. The van der Waals surface area contributed by atoms with Gasteiger partial charge in [-0.05, 0) is 20.9 Å². The Hall–Kier alpha value is -1.89. The molecule has 1 heterocycles. The average molecular weight is 254 g/mol. The van der Waals surface area contributed by atoms with Crippen molar-refractivity contribution >= 4 is 11.6 Å². The Morgan fingerprint density at radius 3 is 2.67 bits per heavy atom. The second-order valence-electron chi connectivity index (χ2n) is 4.20. The molecule has 0 bridgehead atoms. The summed E-state index contributed by atoms with van der Waals surface area (Å²) in [7, 11) is 1.79. The van der Waals surface area contributed by atoms with Crippen molar-refractivity contribution in [1.82, 2.24) is 15.2 Å². The van der Waals surface area contributed by atoms with E-state index < -0.39 is 4.92 Å². The van der Waals surface area contributed by atoms with E-state index in [0.717, 1.165) is 0 Å². The first kappa shape index (κ1) is 14.2. The fourth-order valence-corrected chi connectivity index (χ4v) is 1.57. The normalized spacial score (nSPS) is 10.7. The molecule has 0 aromatic carbocycles. The third kappa shape index (κ3) is 3.30. The van der Waals surface area contributed by atoms with Crippen molar-refractivity contribution in [2.45, 2.75) is 19.9 Å². The van der Waals surface area contributed by atoms with Crippen LogP contribution >= 0.6 is 0 Å². The minimum Gasteiger partial charge on any atom is -0.349 e. The topological polar surface area (TPSA) is 89.2 Å². The molecule has 0 atom stereocenters. The predicted molar refractivity (Wildman–Crippen MR) is 67.7 cm³/mol. The maximum atomic E-state index is 11.9. The zero-order valence-electron chi connectivity index (χ0n) is 10.8. The van der Waals surface area contributed by atoms with E-state index in [2.05, 4.69) is 10.6 Å². The molecule has 0 saturated carbocycles. The first-order chi connectivity index (χ1) is 8.47. The SMILES string of the molecule is CNCCNC(=O)c1cc([N+](=O)[O-])cn1C(C)C. The van der Waals surface area contributed by atoms with Crippen LogP contribution in [-0.2, 0) is 0 Å². The fourth-order valence-electron chi connectivity index (χ4n) is 1.57. The zero-order chi connectivity index (χ0) is 13.7. The lowest BCUT2D eigenvalue weighted by Gasteiger charge is -2.11. The molecule has 1 aromatic rings. The monoisotopic (exact) mass is 254 g/mol. The highest BCUT2D eigenvalue weighted by Crippen LogP contribution is 2.20. The van der Waals surface area contributed by atoms with E-state index >= 15 is 0 Å². The number of nitro groups is 1. The highest BCUT2D eigenvalue weighted by atomic mass is 16.6. The number of nitrogens with zero attached hydrogens (tertiary/aromatic N) is 2. The summed E-state index contributed by atoms with van der Waals surface area (Å²) in [6, 6.07) is 1.29. The minimum atomic E-state index is -0.497. The molecule has 0 aliphatic heterocycles. The van der Waals surface area contributed by atoms with Gasteiger partial charge in [0.2, 0.25) is 0 Å². The quantitative estimate of drug-likeness (QED) is 0.449. The fraction of sp³-hybridized carbons (Fsp3) is 0.545. The minimum absolute atomic E-state index is 0.0104. The summed E-state index contributed by atoms with van der Waals surface area (Å²) in [6.07, 6.45) is 1.39. The van der Waals surface area contributed by atoms with E-state index in [1.54, 1.807) is 11.6 Å². The Morgan fingerprint density at radius 1 is 1.50 bits per heavy atom. The van der Waals surface area contributed by atoms with Crippen LogP contribution in [0.25, 0.3) is 0 Å². The van der Waals surface area contributed by atoms with Gasteiger partial charge in [0.25, 0.3) is 11.6 Å². The molecule has 1 rings (SSSR count). The van der Waals surface area contributed by atoms with Crippen LogP contribution in [0.4, 0.5) is 5.69 Å². The molecule has 18 heavy (non-hydrogen) atoms. The first-order valence-electron chi connectivity index (χ1n) is 5.76. The zero-order valence-corrected chi connectivity index (χ0v) is 10.8. The molecule has 0 unspecified atom stereocenters. The molecule has 0 aliphatic rings. The van der Waals surface area contributed by atoms with Crippen molar-refractivity contribution in [1.29, 1.82) is 0 Å². The molecule has 7 heteroatoms. The second kappa shape index (κ2) is 6.15. The maximum absolute atomic E-state index is 11.9. The van der Waals surface area contributed by atoms with Crippen molar-refractivity contribution in [2.24, 2.45) is 0 Å². The lowest BCUT2D eigenvalue weighted by atomic mass is 10.3. The number of rotatable bonds is 6. The van der Waals surface area contributed by atoms with Gasteiger partial charge in [0.05, 0.1) is 11.1 Å². The van der Waals surface area contributed by atoms with Crippen molar-refractivity contribution < 1.29 is 9.72 Å².